The molecule has 0 aliphatic heterocycles. The predicted octanol–water partition coefficient (Wildman–Crippen LogP) is 5.04. The van der Waals surface area contributed by atoms with Gasteiger partial charge in [0.15, 0.2) is 0 Å². The molecule has 3 aromatic rings. The average Bonchev–Trinajstić information content (AvgIpc) is 3.10. The Bertz CT molecular complexity index is 1440. The summed E-state index contributed by atoms with van der Waals surface area (Å²) in [6.45, 7) is 1.43. The van der Waals surface area contributed by atoms with E-state index in [4.69, 9.17) is 0 Å². The van der Waals surface area contributed by atoms with Crippen molar-refractivity contribution in [1.82, 2.24) is 4.57 Å². The lowest BCUT2D eigenvalue weighted by molar-refractivity contribution is -0.137. The van der Waals surface area contributed by atoms with E-state index in [1.165, 1.54) is 0 Å². The minimum absolute atomic E-state index is 0.207. The molecule has 1 aliphatic rings. The minimum Gasteiger partial charge on any atom is -0.480 e. The SMILES string of the molecule is Cc1c(C#N)c(CC2=CCCC=C2S(=O)(=O)c2ccccc2)c(-c2ccccc2)n1CC(=O)O. The second kappa shape index (κ2) is 9.54. The van der Waals surface area contributed by atoms with Gasteiger partial charge in [0, 0.05) is 17.7 Å². The Kier molecular flexibility index (Phi) is 6.53. The molecule has 34 heavy (non-hydrogen) atoms. The highest BCUT2D eigenvalue weighted by atomic mass is 32.2. The van der Waals surface area contributed by atoms with Crippen molar-refractivity contribution in [3.63, 3.8) is 0 Å². The molecule has 2 aromatic carbocycles. The highest BCUT2D eigenvalue weighted by molar-refractivity contribution is 7.95. The van der Waals surface area contributed by atoms with Crippen LogP contribution in [0, 0.1) is 18.3 Å². The van der Waals surface area contributed by atoms with Crippen molar-refractivity contribution in [3.8, 4) is 17.3 Å². The van der Waals surface area contributed by atoms with E-state index in [0.717, 1.165) is 5.56 Å². The van der Waals surface area contributed by atoms with Crippen LogP contribution in [-0.4, -0.2) is 24.1 Å². The fourth-order valence-electron chi connectivity index (χ4n) is 4.44. The molecule has 6 nitrogen and oxygen atoms in total. The molecular formula is C27H24N2O4S. The maximum atomic E-state index is 13.5. The van der Waals surface area contributed by atoms with E-state index in [0.29, 0.717) is 40.9 Å². The van der Waals surface area contributed by atoms with Gasteiger partial charge >= 0.3 is 5.97 Å². The van der Waals surface area contributed by atoms with E-state index in [1.807, 2.05) is 36.4 Å². The van der Waals surface area contributed by atoms with Crippen LogP contribution in [0.25, 0.3) is 11.3 Å². The van der Waals surface area contributed by atoms with E-state index in [1.54, 1.807) is 47.9 Å². The third-order valence-corrected chi connectivity index (χ3v) is 7.89. The molecule has 1 heterocycles. The Labute approximate surface area is 199 Å². The molecule has 0 radical (unpaired) electrons. The van der Waals surface area contributed by atoms with Crippen LogP contribution in [0.3, 0.4) is 0 Å². The number of carboxylic acid groups (broad SMARTS) is 1. The van der Waals surface area contributed by atoms with Gasteiger partial charge in [0.1, 0.15) is 12.6 Å². The van der Waals surface area contributed by atoms with Crippen molar-refractivity contribution >= 4 is 15.8 Å². The van der Waals surface area contributed by atoms with E-state index in [-0.39, 0.29) is 22.8 Å². The zero-order chi connectivity index (χ0) is 24.3. The third-order valence-electron chi connectivity index (χ3n) is 5.99. The van der Waals surface area contributed by atoms with Gasteiger partial charge in [0.05, 0.1) is 21.1 Å². The van der Waals surface area contributed by atoms with Gasteiger partial charge < -0.3 is 9.67 Å². The van der Waals surface area contributed by atoms with Crippen LogP contribution in [0.4, 0.5) is 0 Å². The van der Waals surface area contributed by atoms with Crippen LogP contribution in [0.15, 0.2) is 88.2 Å². The Balaban J connectivity index is 1.87. The van der Waals surface area contributed by atoms with E-state index < -0.39 is 15.8 Å². The van der Waals surface area contributed by atoms with Crippen molar-refractivity contribution < 1.29 is 18.3 Å². The summed E-state index contributed by atoms with van der Waals surface area (Å²) < 4.78 is 28.5. The molecule has 1 aromatic heterocycles. The second-order valence-electron chi connectivity index (χ2n) is 8.11. The molecule has 0 fully saturated rings. The van der Waals surface area contributed by atoms with E-state index >= 15 is 0 Å². The number of nitrogens with zero attached hydrogens (tertiary/aromatic N) is 2. The lowest BCUT2D eigenvalue weighted by Crippen LogP contribution is -2.13. The zero-order valence-electron chi connectivity index (χ0n) is 18.7. The number of allylic oxidation sites excluding steroid dienone is 3. The number of aromatic nitrogens is 1. The fourth-order valence-corrected chi connectivity index (χ4v) is 6.05. The largest absolute Gasteiger partial charge is 0.480 e. The average molecular weight is 473 g/mol. The number of carboxylic acids is 1. The summed E-state index contributed by atoms with van der Waals surface area (Å²) in [6.07, 6.45) is 5.17. The molecule has 1 aliphatic carbocycles. The van der Waals surface area contributed by atoms with Gasteiger partial charge in [-0.25, -0.2) is 8.42 Å². The van der Waals surface area contributed by atoms with Gasteiger partial charge in [-0.3, -0.25) is 4.79 Å². The maximum absolute atomic E-state index is 13.5. The third kappa shape index (κ3) is 4.33. The number of nitriles is 1. The monoisotopic (exact) mass is 472 g/mol. The number of hydrogen-bond donors (Lipinski definition) is 1. The first-order valence-electron chi connectivity index (χ1n) is 10.9. The topological polar surface area (TPSA) is 100 Å². The number of rotatable bonds is 7. The van der Waals surface area contributed by atoms with Gasteiger partial charge in [-0.15, -0.1) is 0 Å². The number of sulfone groups is 1. The molecule has 0 atom stereocenters. The molecule has 4 rings (SSSR count). The lowest BCUT2D eigenvalue weighted by atomic mass is 9.94. The van der Waals surface area contributed by atoms with Gasteiger partial charge in [0.2, 0.25) is 9.84 Å². The van der Waals surface area contributed by atoms with Crippen molar-refractivity contribution in [3.05, 3.63) is 100 Å². The van der Waals surface area contributed by atoms with Crippen LogP contribution in [0.2, 0.25) is 0 Å². The van der Waals surface area contributed by atoms with Crippen molar-refractivity contribution in [2.45, 2.75) is 37.6 Å². The molecule has 0 unspecified atom stereocenters. The highest BCUT2D eigenvalue weighted by Gasteiger charge is 2.29. The van der Waals surface area contributed by atoms with Crippen LogP contribution in [0.1, 0.15) is 29.7 Å². The van der Waals surface area contributed by atoms with Crippen molar-refractivity contribution in [2.24, 2.45) is 0 Å². The molecule has 172 valence electrons. The molecular weight excluding hydrogens is 448 g/mol. The molecule has 0 saturated heterocycles. The highest BCUT2D eigenvalue weighted by Crippen LogP contribution is 2.37. The van der Waals surface area contributed by atoms with Crippen LogP contribution in [0.5, 0.6) is 0 Å². The summed E-state index contributed by atoms with van der Waals surface area (Å²) in [6, 6.07) is 19.8. The number of aliphatic carboxylic acids is 1. The summed E-state index contributed by atoms with van der Waals surface area (Å²) in [5.74, 6) is -1.02. The summed E-state index contributed by atoms with van der Waals surface area (Å²) in [5.41, 5.74) is 3.58. The second-order valence-corrected chi connectivity index (χ2v) is 10.0. The van der Waals surface area contributed by atoms with Crippen molar-refractivity contribution in [1.29, 1.82) is 5.26 Å². The Morgan fingerprint density at radius 1 is 1.03 bits per heavy atom. The molecule has 0 bridgehead atoms. The van der Waals surface area contributed by atoms with Gasteiger partial charge in [0.25, 0.3) is 0 Å². The maximum Gasteiger partial charge on any atom is 0.323 e. The van der Waals surface area contributed by atoms with Crippen LogP contribution in [-0.2, 0) is 27.6 Å². The molecule has 0 saturated carbocycles. The Morgan fingerprint density at radius 3 is 2.26 bits per heavy atom. The molecule has 0 spiro atoms. The zero-order valence-corrected chi connectivity index (χ0v) is 19.5. The molecule has 7 heteroatoms. The van der Waals surface area contributed by atoms with E-state index in [2.05, 4.69) is 6.07 Å². The number of hydrogen-bond acceptors (Lipinski definition) is 4. The first-order valence-corrected chi connectivity index (χ1v) is 12.4. The first-order chi connectivity index (χ1) is 16.3. The van der Waals surface area contributed by atoms with E-state index in [9.17, 15) is 23.6 Å². The van der Waals surface area contributed by atoms with Crippen LogP contribution < -0.4 is 0 Å². The normalized spacial score (nSPS) is 13.6. The van der Waals surface area contributed by atoms with Gasteiger partial charge in [-0.2, -0.15) is 5.26 Å². The van der Waals surface area contributed by atoms with Crippen molar-refractivity contribution in [2.75, 3.05) is 0 Å². The predicted molar refractivity (Wildman–Crippen MR) is 130 cm³/mol. The minimum atomic E-state index is -3.74. The van der Waals surface area contributed by atoms with Crippen LogP contribution >= 0.6 is 0 Å². The smallest absolute Gasteiger partial charge is 0.323 e. The molecule has 1 N–H and O–H groups in total. The lowest BCUT2D eigenvalue weighted by Gasteiger charge is -2.18. The summed E-state index contributed by atoms with van der Waals surface area (Å²) in [5, 5.41) is 19.5. The summed E-state index contributed by atoms with van der Waals surface area (Å²) in [7, 11) is -3.74. The fraction of sp³-hybridized carbons (Fsp3) is 0.185. The Hall–Kier alpha value is -3.89. The van der Waals surface area contributed by atoms with Gasteiger partial charge in [-0.1, -0.05) is 60.7 Å². The summed E-state index contributed by atoms with van der Waals surface area (Å²) in [4.78, 5) is 12.1. The Morgan fingerprint density at radius 2 is 1.65 bits per heavy atom. The first kappa shape index (κ1) is 23.3. The molecule has 0 amide bonds. The van der Waals surface area contributed by atoms with Gasteiger partial charge in [-0.05, 0) is 43.0 Å². The standard InChI is InChI=1S/C27H24N2O4S/c1-19-24(17-28)23(27(29(19)18-26(30)31)20-10-4-2-5-11-20)16-21-12-8-9-15-25(21)34(32,33)22-13-6-3-7-14-22/h2-7,10-15H,8-9,16,18H2,1H3,(H,30,31). The number of benzene rings is 2. The quantitative estimate of drug-likeness (QED) is 0.519. The number of carbonyl (C=O) groups is 1. The summed E-state index contributed by atoms with van der Waals surface area (Å²) >= 11 is 0.